The van der Waals surface area contributed by atoms with Gasteiger partial charge in [0, 0.05) is 6.42 Å². The molecule has 0 atom stereocenters. The number of ether oxygens (including phenoxy) is 1. The molecule has 0 aliphatic heterocycles. The molecule has 82 valence electrons. The van der Waals surface area contributed by atoms with Crippen molar-refractivity contribution < 1.29 is 9.53 Å². The lowest BCUT2D eigenvalue weighted by atomic mass is 10.0. The van der Waals surface area contributed by atoms with Crippen LogP contribution in [0.5, 0.6) is 0 Å². The largest absolute Gasteiger partial charge is 0.375 e. The van der Waals surface area contributed by atoms with Gasteiger partial charge in [-0.05, 0) is 33.6 Å². The third-order valence-electron chi connectivity index (χ3n) is 2.00. The maximum Gasteiger partial charge on any atom is 0.217 e. The van der Waals surface area contributed by atoms with E-state index in [1.807, 2.05) is 20.8 Å². The lowest BCUT2D eigenvalue weighted by Crippen LogP contribution is -2.27. The average Bonchev–Trinajstić information content (AvgIpc) is 2.00. The summed E-state index contributed by atoms with van der Waals surface area (Å²) < 4.78 is 5.62. The van der Waals surface area contributed by atoms with Crippen LogP contribution in [0, 0.1) is 0 Å². The first-order valence-corrected chi connectivity index (χ1v) is 4.90. The van der Waals surface area contributed by atoms with E-state index in [1.54, 1.807) is 0 Å². The molecule has 1 amide bonds. The van der Waals surface area contributed by atoms with Gasteiger partial charge in [-0.15, -0.1) is 6.58 Å². The number of hydrogen-bond acceptors (Lipinski definition) is 2. The van der Waals surface area contributed by atoms with E-state index >= 15 is 0 Å². The highest BCUT2D eigenvalue weighted by atomic mass is 16.5. The van der Waals surface area contributed by atoms with E-state index in [1.165, 1.54) is 0 Å². The van der Waals surface area contributed by atoms with Gasteiger partial charge in [0.05, 0.1) is 12.2 Å². The SMILES string of the molecule is C=C(C)CCOC(C)(C)CCC(N)=O. The molecule has 0 bridgehead atoms. The second-order valence-electron chi connectivity index (χ2n) is 4.28. The van der Waals surface area contributed by atoms with Crippen molar-refractivity contribution in [1.29, 1.82) is 0 Å². The van der Waals surface area contributed by atoms with Gasteiger partial charge in [-0.3, -0.25) is 4.79 Å². The quantitative estimate of drug-likeness (QED) is 0.638. The number of amides is 1. The van der Waals surface area contributed by atoms with Gasteiger partial charge < -0.3 is 10.5 Å². The molecule has 0 heterocycles. The Morgan fingerprint density at radius 3 is 2.43 bits per heavy atom. The molecule has 0 saturated heterocycles. The highest BCUT2D eigenvalue weighted by molar-refractivity contribution is 5.73. The van der Waals surface area contributed by atoms with Crippen molar-refractivity contribution in [1.82, 2.24) is 0 Å². The van der Waals surface area contributed by atoms with E-state index in [4.69, 9.17) is 10.5 Å². The molecule has 0 saturated carbocycles. The molecule has 0 aromatic carbocycles. The molecule has 0 rings (SSSR count). The van der Waals surface area contributed by atoms with Gasteiger partial charge in [-0.1, -0.05) is 5.57 Å². The molecular formula is C11H21NO2. The molecule has 0 fully saturated rings. The normalized spacial score (nSPS) is 11.4. The van der Waals surface area contributed by atoms with Crippen LogP contribution in [0.4, 0.5) is 0 Å². The fourth-order valence-corrected chi connectivity index (χ4v) is 0.998. The molecule has 14 heavy (non-hydrogen) atoms. The van der Waals surface area contributed by atoms with Gasteiger partial charge in [0.1, 0.15) is 0 Å². The highest BCUT2D eigenvalue weighted by Crippen LogP contribution is 2.17. The highest BCUT2D eigenvalue weighted by Gasteiger charge is 2.18. The summed E-state index contributed by atoms with van der Waals surface area (Å²) in [5.74, 6) is -0.276. The Labute approximate surface area is 86.3 Å². The first kappa shape index (κ1) is 13.2. The van der Waals surface area contributed by atoms with E-state index in [0.29, 0.717) is 19.4 Å². The summed E-state index contributed by atoms with van der Waals surface area (Å²) in [5.41, 5.74) is 5.90. The fourth-order valence-electron chi connectivity index (χ4n) is 0.998. The number of carbonyl (C=O) groups excluding carboxylic acids is 1. The molecule has 2 N–H and O–H groups in total. The number of nitrogens with two attached hydrogens (primary N) is 1. The van der Waals surface area contributed by atoms with Crippen molar-refractivity contribution in [2.75, 3.05) is 6.61 Å². The van der Waals surface area contributed by atoms with E-state index in [2.05, 4.69) is 6.58 Å². The summed E-state index contributed by atoms with van der Waals surface area (Å²) in [7, 11) is 0. The van der Waals surface area contributed by atoms with E-state index in [0.717, 1.165) is 12.0 Å². The first-order valence-electron chi connectivity index (χ1n) is 4.90. The predicted octanol–water partition coefficient (Wildman–Crippen LogP) is 2.01. The second-order valence-corrected chi connectivity index (χ2v) is 4.28. The topological polar surface area (TPSA) is 52.3 Å². The number of hydrogen-bond donors (Lipinski definition) is 1. The summed E-state index contributed by atoms with van der Waals surface area (Å²) in [4.78, 5) is 10.6. The third-order valence-corrected chi connectivity index (χ3v) is 2.00. The van der Waals surface area contributed by atoms with E-state index < -0.39 is 0 Å². The standard InChI is InChI=1S/C11H21NO2/c1-9(2)6-8-14-11(3,4)7-5-10(12)13/h1,5-8H2,2-4H3,(H2,12,13). The Morgan fingerprint density at radius 1 is 1.43 bits per heavy atom. The zero-order valence-corrected chi connectivity index (χ0v) is 9.43. The minimum atomic E-state index is -0.276. The number of primary amides is 1. The second kappa shape index (κ2) is 5.81. The third kappa shape index (κ3) is 7.80. The average molecular weight is 199 g/mol. The lowest BCUT2D eigenvalue weighted by Gasteiger charge is -2.24. The van der Waals surface area contributed by atoms with Crippen LogP contribution in [0.3, 0.4) is 0 Å². The molecule has 0 unspecified atom stereocenters. The monoisotopic (exact) mass is 199 g/mol. The summed E-state index contributed by atoms with van der Waals surface area (Å²) >= 11 is 0. The van der Waals surface area contributed by atoms with Crippen molar-refractivity contribution in [2.45, 2.75) is 45.6 Å². The van der Waals surface area contributed by atoms with Crippen LogP contribution in [0.15, 0.2) is 12.2 Å². The molecule has 0 spiro atoms. The van der Waals surface area contributed by atoms with Crippen LogP contribution in [0.2, 0.25) is 0 Å². The molecule has 0 aromatic heterocycles. The molecular weight excluding hydrogens is 178 g/mol. The number of carbonyl (C=O) groups is 1. The van der Waals surface area contributed by atoms with Crippen molar-refractivity contribution in [2.24, 2.45) is 5.73 Å². The van der Waals surface area contributed by atoms with Crippen LogP contribution < -0.4 is 5.73 Å². The minimum absolute atomic E-state index is 0.273. The summed E-state index contributed by atoms with van der Waals surface area (Å²) in [6, 6.07) is 0. The van der Waals surface area contributed by atoms with Gasteiger partial charge in [0.15, 0.2) is 0 Å². The molecule has 0 aromatic rings. The van der Waals surface area contributed by atoms with Gasteiger partial charge >= 0.3 is 0 Å². The Hall–Kier alpha value is -0.830. The maximum atomic E-state index is 10.6. The Bertz CT molecular complexity index is 209. The van der Waals surface area contributed by atoms with Crippen LogP contribution >= 0.6 is 0 Å². The maximum absolute atomic E-state index is 10.6. The fraction of sp³-hybridized carbons (Fsp3) is 0.727. The van der Waals surface area contributed by atoms with E-state index in [-0.39, 0.29) is 11.5 Å². The van der Waals surface area contributed by atoms with Gasteiger partial charge in [0.2, 0.25) is 5.91 Å². The van der Waals surface area contributed by atoms with Crippen molar-refractivity contribution >= 4 is 5.91 Å². The lowest BCUT2D eigenvalue weighted by molar-refractivity contribution is -0.119. The van der Waals surface area contributed by atoms with Crippen molar-refractivity contribution in [3.8, 4) is 0 Å². The molecule has 3 heteroatoms. The van der Waals surface area contributed by atoms with Crippen LogP contribution in [-0.4, -0.2) is 18.1 Å². The number of rotatable bonds is 7. The Balaban J connectivity index is 3.71. The van der Waals surface area contributed by atoms with Crippen LogP contribution in [0.25, 0.3) is 0 Å². The molecule has 0 aliphatic carbocycles. The zero-order chi connectivity index (χ0) is 11.2. The van der Waals surface area contributed by atoms with Crippen molar-refractivity contribution in [3.63, 3.8) is 0 Å². The van der Waals surface area contributed by atoms with Gasteiger partial charge in [-0.25, -0.2) is 0 Å². The van der Waals surface area contributed by atoms with E-state index in [9.17, 15) is 4.79 Å². The van der Waals surface area contributed by atoms with Crippen molar-refractivity contribution in [3.05, 3.63) is 12.2 Å². The first-order chi connectivity index (χ1) is 6.33. The summed E-state index contributed by atoms with van der Waals surface area (Å²) in [6.07, 6.45) is 1.90. The smallest absolute Gasteiger partial charge is 0.217 e. The summed E-state index contributed by atoms with van der Waals surface area (Å²) in [6.45, 7) is 10.4. The zero-order valence-electron chi connectivity index (χ0n) is 9.43. The molecule has 3 nitrogen and oxygen atoms in total. The van der Waals surface area contributed by atoms with Crippen LogP contribution in [0.1, 0.15) is 40.0 Å². The van der Waals surface area contributed by atoms with Gasteiger partial charge in [-0.2, -0.15) is 0 Å². The predicted molar refractivity (Wildman–Crippen MR) is 57.9 cm³/mol. The Morgan fingerprint density at radius 2 is 2.00 bits per heavy atom. The van der Waals surface area contributed by atoms with Gasteiger partial charge in [0.25, 0.3) is 0 Å². The molecule has 0 radical (unpaired) electrons. The Kier molecular flexibility index (Phi) is 5.46. The summed E-state index contributed by atoms with van der Waals surface area (Å²) in [5, 5.41) is 0. The molecule has 0 aliphatic rings. The van der Waals surface area contributed by atoms with Crippen LogP contribution in [-0.2, 0) is 9.53 Å². The minimum Gasteiger partial charge on any atom is -0.375 e.